The average molecular weight is 206 g/mol. The summed E-state index contributed by atoms with van der Waals surface area (Å²) in [4.78, 5) is 0. The molecule has 1 heterocycles. The maximum atomic E-state index is 5.66. The van der Waals surface area contributed by atoms with Crippen LogP contribution in [-0.2, 0) is 4.74 Å². The van der Waals surface area contributed by atoms with Gasteiger partial charge in [0.25, 0.3) is 0 Å². The van der Waals surface area contributed by atoms with Gasteiger partial charge in [-0.15, -0.1) is 5.92 Å². The molecule has 2 atom stereocenters. The van der Waals surface area contributed by atoms with Gasteiger partial charge in [0.15, 0.2) is 0 Å². The molecule has 1 saturated carbocycles. The molecule has 1 nitrogen and oxygen atoms in total. The zero-order valence-corrected chi connectivity index (χ0v) is 10.2. The maximum Gasteiger partial charge on any atom is 0.0953 e. The minimum atomic E-state index is 0.145. The van der Waals surface area contributed by atoms with Crippen molar-refractivity contribution in [1.82, 2.24) is 0 Å². The molecule has 1 aliphatic carbocycles. The smallest absolute Gasteiger partial charge is 0.0953 e. The summed E-state index contributed by atoms with van der Waals surface area (Å²) in [7, 11) is 0. The lowest BCUT2D eigenvalue weighted by Crippen LogP contribution is -2.27. The molecule has 0 bridgehead atoms. The van der Waals surface area contributed by atoms with Crippen LogP contribution in [0.3, 0.4) is 0 Å². The molecule has 0 aromatic heterocycles. The van der Waals surface area contributed by atoms with Gasteiger partial charge in [-0.2, -0.15) is 0 Å². The monoisotopic (exact) mass is 206 g/mol. The lowest BCUT2D eigenvalue weighted by Gasteiger charge is -2.27. The highest BCUT2D eigenvalue weighted by atomic mass is 16.6. The van der Waals surface area contributed by atoms with E-state index < -0.39 is 0 Å². The quantitative estimate of drug-likeness (QED) is 0.473. The van der Waals surface area contributed by atoms with Gasteiger partial charge in [-0.25, -0.2) is 0 Å². The summed E-state index contributed by atoms with van der Waals surface area (Å²) < 4.78 is 5.66. The van der Waals surface area contributed by atoms with Gasteiger partial charge >= 0.3 is 0 Å². The van der Waals surface area contributed by atoms with Gasteiger partial charge in [0.2, 0.25) is 0 Å². The lowest BCUT2D eigenvalue weighted by molar-refractivity contribution is 0.161. The highest BCUT2D eigenvalue weighted by molar-refractivity contribution is 5.11. The van der Waals surface area contributed by atoms with E-state index in [4.69, 9.17) is 4.74 Å². The van der Waals surface area contributed by atoms with E-state index in [0.717, 1.165) is 13.0 Å². The van der Waals surface area contributed by atoms with Gasteiger partial charge in [0, 0.05) is 17.8 Å². The molecule has 2 unspecified atom stereocenters. The minimum absolute atomic E-state index is 0.145. The molecule has 2 fully saturated rings. The Morgan fingerprint density at radius 3 is 2.67 bits per heavy atom. The Bertz CT molecular complexity index is 283. The molecular weight excluding hydrogens is 184 g/mol. The standard InChI is InChI=1S/C14H22O/c1-13(2,3)9-6-8-12-7-4-5-10-14(12)11-15-14/h12H,4-5,7-8,10-11H2,1-3H3. The Labute approximate surface area is 93.6 Å². The lowest BCUT2D eigenvalue weighted by atomic mass is 9.77. The fraction of sp³-hybridized carbons (Fsp3) is 0.857. The first-order valence-corrected chi connectivity index (χ1v) is 6.16. The Balaban J connectivity index is 1.90. The van der Waals surface area contributed by atoms with E-state index >= 15 is 0 Å². The topological polar surface area (TPSA) is 12.5 Å². The zero-order chi connectivity index (χ0) is 10.9. The van der Waals surface area contributed by atoms with E-state index in [1.165, 1.54) is 25.7 Å². The van der Waals surface area contributed by atoms with E-state index in [9.17, 15) is 0 Å². The molecule has 1 aliphatic heterocycles. The third-order valence-electron chi connectivity index (χ3n) is 3.47. The molecule has 0 aromatic carbocycles. The summed E-state index contributed by atoms with van der Waals surface area (Å²) in [5, 5.41) is 0. The third kappa shape index (κ3) is 2.75. The van der Waals surface area contributed by atoms with E-state index in [-0.39, 0.29) is 11.0 Å². The van der Waals surface area contributed by atoms with Gasteiger partial charge in [-0.3, -0.25) is 0 Å². The Hall–Kier alpha value is -0.480. The van der Waals surface area contributed by atoms with Crippen LogP contribution in [0.5, 0.6) is 0 Å². The van der Waals surface area contributed by atoms with Gasteiger partial charge in [0.05, 0.1) is 12.2 Å². The summed E-state index contributed by atoms with van der Waals surface area (Å²) in [6.07, 6.45) is 6.35. The van der Waals surface area contributed by atoms with Crippen LogP contribution in [0.15, 0.2) is 0 Å². The molecule has 1 spiro atoms. The van der Waals surface area contributed by atoms with Crippen molar-refractivity contribution in [2.75, 3.05) is 6.61 Å². The first kappa shape index (κ1) is 11.0. The predicted octanol–water partition coefficient (Wildman–Crippen LogP) is 3.39. The number of epoxide rings is 1. The van der Waals surface area contributed by atoms with Gasteiger partial charge in [0.1, 0.15) is 0 Å². The van der Waals surface area contributed by atoms with Crippen LogP contribution in [0.1, 0.15) is 52.9 Å². The second kappa shape index (κ2) is 3.83. The zero-order valence-electron chi connectivity index (χ0n) is 10.2. The molecule has 0 amide bonds. The van der Waals surface area contributed by atoms with Gasteiger partial charge in [-0.05, 0) is 33.6 Å². The fourth-order valence-corrected chi connectivity index (χ4v) is 2.48. The van der Waals surface area contributed by atoms with Crippen molar-refractivity contribution in [1.29, 1.82) is 0 Å². The maximum absolute atomic E-state index is 5.66. The third-order valence-corrected chi connectivity index (χ3v) is 3.47. The van der Waals surface area contributed by atoms with Crippen LogP contribution in [-0.4, -0.2) is 12.2 Å². The van der Waals surface area contributed by atoms with Crippen LogP contribution >= 0.6 is 0 Å². The highest BCUT2D eigenvalue weighted by Crippen LogP contribution is 2.47. The van der Waals surface area contributed by atoms with Crippen molar-refractivity contribution < 1.29 is 4.74 Å². The van der Waals surface area contributed by atoms with Crippen molar-refractivity contribution >= 4 is 0 Å². The van der Waals surface area contributed by atoms with Crippen LogP contribution in [0.4, 0.5) is 0 Å². The van der Waals surface area contributed by atoms with Crippen molar-refractivity contribution in [2.45, 2.75) is 58.5 Å². The van der Waals surface area contributed by atoms with Crippen molar-refractivity contribution in [2.24, 2.45) is 11.3 Å². The molecule has 84 valence electrons. The molecule has 0 N–H and O–H groups in total. The minimum Gasteiger partial charge on any atom is -0.369 e. The first-order chi connectivity index (χ1) is 7.02. The molecule has 0 aromatic rings. The Morgan fingerprint density at radius 2 is 2.07 bits per heavy atom. The molecule has 1 heteroatoms. The van der Waals surface area contributed by atoms with E-state index in [2.05, 4.69) is 32.6 Å². The molecular formula is C14H22O. The van der Waals surface area contributed by atoms with Gasteiger partial charge in [-0.1, -0.05) is 18.8 Å². The number of hydrogen-bond donors (Lipinski definition) is 0. The van der Waals surface area contributed by atoms with Crippen LogP contribution in [0, 0.1) is 23.2 Å². The average Bonchev–Trinajstić information content (AvgIpc) is 2.88. The van der Waals surface area contributed by atoms with Crippen LogP contribution < -0.4 is 0 Å². The van der Waals surface area contributed by atoms with Crippen molar-refractivity contribution in [3.05, 3.63) is 0 Å². The largest absolute Gasteiger partial charge is 0.369 e. The summed E-state index contributed by atoms with van der Waals surface area (Å²) in [5.41, 5.74) is 0.414. The number of ether oxygens (including phenoxy) is 1. The van der Waals surface area contributed by atoms with E-state index in [1.807, 2.05) is 0 Å². The Kier molecular flexibility index (Phi) is 2.81. The highest BCUT2D eigenvalue weighted by Gasteiger charge is 2.51. The van der Waals surface area contributed by atoms with Crippen LogP contribution in [0.2, 0.25) is 0 Å². The summed E-state index contributed by atoms with van der Waals surface area (Å²) in [6, 6.07) is 0. The second-order valence-corrected chi connectivity index (χ2v) is 6.05. The summed E-state index contributed by atoms with van der Waals surface area (Å²) in [6.45, 7) is 7.51. The molecule has 0 radical (unpaired) electrons. The second-order valence-electron chi connectivity index (χ2n) is 6.05. The van der Waals surface area contributed by atoms with E-state index in [1.54, 1.807) is 0 Å². The Morgan fingerprint density at radius 1 is 1.33 bits per heavy atom. The first-order valence-electron chi connectivity index (χ1n) is 6.16. The summed E-state index contributed by atoms with van der Waals surface area (Å²) >= 11 is 0. The molecule has 2 rings (SSSR count). The number of rotatable bonds is 1. The summed E-state index contributed by atoms with van der Waals surface area (Å²) in [5.74, 6) is 7.40. The molecule has 15 heavy (non-hydrogen) atoms. The molecule has 1 saturated heterocycles. The molecule has 2 aliphatic rings. The van der Waals surface area contributed by atoms with Crippen LogP contribution in [0.25, 0.3) is 0 Å². The van der Waals surface area contributed by atoms with Gasteiger partial charge < -0.3 is 4.74 Å². The normalized spacial score (nSPS) is 34.7. The fourth-order valence-electron chi connectivity index (χ4n) is 2.48. The van der Waals surface area contributed by atoms with E-state index in [0.29, 0.717) is 5.92 Å². The number of hydrogen-bond acceptors (Lipinski definition) is 1. The van der Waals surface area contributed by atoms with Crippen molar-refractivity contribution in [3.63, 3.8) is 0 Å². The van der Waals surface area contributed by atoms with Crippen molar-refractivity contribution in [3.8, 4) is 11.8 Å². The predicted molar refractivity (Wildman–Crippen MR) is 62.5 cm³/mol. The SMILES string of the molecule is CC(C)(C)C#CCC1CCCCC12CO2.